The third-order valence-corrected chi connectivity index (χ3v) is 2.86. The maximum Gasteiger partial charge on any atom is 0.191 e. The van der Waals surface area contributed by atoms with E-state index in [9.17, 15) is 4.39 Å². The van der Waals surface area contributed by atoms with Gasteiger partial charge in [0.1, 0.15) is 5.82 Å². The van der Waals surface area contributed by atoms with Crippen LogP contribution in [0.3, 0.4) is 0 Å². The molecule has 0 unspecified atom stereocenters. The molecule has 0 amide bonds. The van der Waals surface area contributed by atoms with Crippen LogP contribution < -0.4 is 10.6 Å². The third kappa shape index (κ3) is 11.3. The van der Waals surface area contributed by atoms with Crippen LogP contribution in [-0.2, 0) is 11.3 Å². The van der Waals surface area contributed by atoms with E-state index in [-0.39, 0.29) is 29.8 Å². The summed E-state index contributed by atoms with van der Waals surface area (Å²) in [4.78, 5) is 4.46. The summed E-state index contributed by atoms with van der Waals surface area (Å²) < 4.78 is 18.7. The number of rotatable bonds is 9. The topological polar surface area (TPSA) is 45.7 Å². The highest BCUT2D eigenvalue weighted by molar-refractivity contribution is 14.0. The van der Waals surface area contributed by atoms with Gasteiger partial charge in [0, 0.05) is 26.3 Å². The number of hydrogen-bond donors (Lipinski definition) is 2. The Kier molecular flexibility index (Phi) is 13.0. The molecule has 132 valence electrons. The lowest BCUT2D eigenvalue weighted by atomic mass is 10.2. The van der Waals surface area contributed by atoms with Crippen molar-refractivity contribution in [2.24, 2.45) is 10.9 Å². The number of guanidine groups is 1. The first-order valence-corrected chi connectivity index (χ1v) is 7.96. The lowest BCUT2D eigenvalue weighted by molar-refractivity contribution is 0.108. The molecule has 4 nitrogen and oxygen atoms in total. The van der Waals surface area contributed by atoms with Crippen molar-refractivity contribution in [3.8, 4) is 0 Å². The maximum absolute atomic E-state index is 13.1. The Hall–Kier alpha value is -0.890. The lowest BCUT2D eigenvalue weighted by Crippen LogP contribution is -2.38. The minimum atomic E-state index is -0.229. The van der Waals surface area contributed by atoms with Gasteiger partial charge in [-0.1, -0.05) is 26.0 Å². The second-order valence-corrected chi connectivity index (χ2v) is 5.57. The van der Waals surface area contributed by atoms with Crippen molar-refractivity contribution in [1.29, 1.82) is 0 Å². The molecule has 2 N–H and O–H groups in total. The van der Waals surface area contributed by atoms with Gasteiger partial charge in [-0.3, -0.25) is 0 Å². The molecule has 6 heteroatoms. The van der Waals surface area contributed by atoms with E-state index in [1.165, 1.54) is 12.1 Å². The minimum absolute atomic E-state index is 0. The molecule has 0 aliphatic carbocycles. The molecule has 0 radical (unpaired) electrons. The molecule has 0 heterocycles. The van der Waals surface area contributed by atoms with Gasteiger partial charge in [-0.05, 0) is 37.0 Å². The molecule has 23 heavy (non-hydrogen) atoms. The van der Waals surface area contributed by atoms with E-state index < -0.39 is 0 Å². The molecular weight excluding hydrogens is 408 g/mol. The first-order chi connectivity index (χ1) is 10.6. The molecule has 1 rings (SSSR count). The number of ether oxygens (including phenoxy) is 1. The van der Waals surface area contributed by atoms with Crippen molar-refractivity contribution in [1.82, 2.24) is 10.6 Å². The predicted octanol–water partition coefficient (Wildman–Crippen LogP) is 3.56. The summed E-state index contributed by atoms with van der Waals surface area (Å²) in [6.07, 6.45) is 0.928. The maximum atomic E-state index is 13.1. The molecule has 0 bridgehead atoms. The number of hydrogen-bond acceptors (Lipinski definition) is 2. The molecule has 0 aliphatic heterocycles. The van der Waals surface area contributed by atoms with Crippen molar-refractivity contribution < 1.29 is 9.13 Å². The molecule has 1 aromatic rings. The van der Waals surface area contributed by atoms with E-state index in [0.29, 0.717) is 12.5 Å². The van der Waals surface area contributed by atoms with E-state index in [2.05, 4.69) is 29.5 Å². The zero-order chi connectivity index (χ0) is 16.2. The lowest BCUT2D eigenvalue weighted by Gasteiger charge is -2.12. The van der Waals surface area contributed by atoms with Gasteiger partial charge in [-0.15, -0.1) is 24.0 Å². The van der Waals surface area contributed by atoms with Crippen LogP contribution in [0.15, 0.2) is 29.3 Å². The average Bonchev–Trinajstić information content (AvgIpc) is 2.48. The van der Waals surface area contributed by atoms with Crippen LogP contribution in [0, 0.1) is 11.7 Å². The Morgan fingerprint density at radius 3 is 2.74 bits per heavy atom. The van der Waals surface area contributed by atoms with E-state index in [1.807, 2.05) is 13.0 Å². The molecule has 0 aromatic heterocycles. The van der Waals surface area contributed by atoms with Gasteiger partial charge in [-0.25, -0.2) is 9.38 Å². The summed E-state index contributed by atoms with van der Waals surface area (Å²) in [5, 5.41) is 6.44. The normalized spacial score (nSPS) is 11.3. The Labute approximate surface area is 156 Å². The fourth-order valence-corrected chi connectivity index (χ4v) is 1.85. The highest BCUT2D eigenvalue weighted by atomic mass is 127. The summed E-state index contributed by atoms with van der Waals surface area (Å²) in [7, 11) is 0. The number of aliphatic imine (C=N–C) groups is 1. The van der Waals surface area contributed by atoms with Crippen LogP contribution in [0.1, 0.15) is 32.8 Å². The van der Waals surface area contributed by atoms with E-state index in [0.717, 1.165) is 44.2 Å². The van der Waals surface area contributed by atoms with E-state index >= 15 is 0 Å². The van der Waals surface area contributed by atoms with Gasteiger partial charge >= 0.3 is 0 Å². The van der Waals surface area contributed by atoms with Gasteiger partial charge in [0.25, 0.3) is 0 Å². The fraction of sp³-hybridized carbons (Fsp3) is 0.588. The highest BCUT2D eigenvalue weighted by Crippen LogP contribution is 2.04. The quantitative estimate of drug-likeness (QED) is 0.269. The zero-order valence-electron chi connectivity index (χ0n) is 14.3. The summed E-state index contributed by atoms with van der Waals surface area (Å²) in [5.41, 5.74) is 0.859. The second-order valence-electron chi connectivity index (χ2n) is 5.57. The second kappa shape index (κ2) is 13.5. The molecular formula is C17H29FIN3O. The van der Waals surface area contributed by atoms with Crippen molar-refractivity contribution in [2.75, 3.05) is 26.3 Å². The van der Waals surface area contributed by atoms with Gasteiger partial charge in [0.2, 0.25) is 0 Å². The van der Waals surface area contributed by atoms with Crippen molar-refractivity contribution in [3.05, 3.63) is 35.6 Å². The molecule has 0 fully saturated rings. The minimum Gasteiger partial charge on any atom is -0.381 e. The summed E-state index contributed by atoms with van der Waals surface area (Å²) in [5.74, 6) is 1.08. The third-order valence-electron chi connectivity index (χ3n) is 2.86. The van der Waals surface area contributed by atoms with Crippen LogP contribution >= 0.6 is 24.0 Å². The first-order valence-electron chi connectivity index (χ1n) is 7.96. The van der Waals surface area contributed by atoms with E-state index in [4.69, 9.17) is 4.74 Å². The number of nitrogens with one attached hydrogen (secondary N) is 2. The number of halogens is 2. The van der Waals surface area contributed by atoms with Gasteiger partial charge in [0.15, 0.2) is 5.96 Å². The SMILES string of the molecule is CCNC(=NCc1cccc(F)c1)NCCCOCC(C)C.I. The highest BCUT2D eigenvalue weighted by Gasteiger charge is 1.99. The van der Waals surface area contributed by atoms with Crippen molar-refractivity contribution >= 4 is 29.9 Å². The molecule has 0 aliphatic rings. The molecule has 0 saturated heterocycles. The zero-order valence-corrected chi connectivity index (χ0v) is 16.6. The number of benzene rings is 1. The van der Waals surface area contributed by atoms with Crippen LogP contribution in [-0.4, -0.2) is 32.3 Å². The number of nitrogens with zero attached hydrogens (tertiary/aromatic N) is 1. The van der Waals surface area contributed by atoms with Crippen LogP contribution in [0.4, 0.5) is 4.39 Å². The van der Waals surface area contributed by atoms with Crippen LogP contribution in [0.25, 0.3) is 0 Å². The summed E-state index contributed by atoms with van der Waals surface area (Å²) in [6, 6.07) is 6.52. The molecule has 0 saturated carbocycles. The smallest absolute Gasteiger partial charge is 0.191 e. The first kappa shape index (κ1) is 22.1. The van der Waals surface area contributed by atoms with Gasteiger partial charge < -0.3 is 15.4 Å². The van der Waals surface area contributed by atoms with Crippen LogP contribution in [0.5, 0.6) is 0 Å². The Morgan fingerprint density at radius 2 is 2.09 bits per heavy atom. The summed E-state index contributed by atoms with van der Waals surface area (Å²) in [6.45, 7) is 9.89. The standard InChI is InChI=1S/C17H28FN3O.HI/c1-4-19-17(20-9-6-10-22-13-14(2)3)21-12-15-7-5-8-16(18)11-15;/h5,7-8,11,14H,4,6,9-10,12-13H2,1-3H3,(H2,19,20,21);1H. The van der Waals surface area contributed by atoms with Gasteiger partial charge in [-0.2, -0.15) is 0 Å². The molecule has 0 atom stereocenters. The fourth-order valence-electron chi connectivity index (χ4n) is 1.85. The Morgan fingerprint density at radius 1 is 1.30 bits per heavy atom. The van der Waals surface area contributed by atoms with Crippen molar-refractivity contribution in [3.63, 3.8) is 0 Å². The summed E-state index contributed by atoms with van der Waals surface area (Å²) >= 11 is 0. The van der Waals surface area contributed by atoms with E-state index in [1.54, 1.807) is 6.07 Å². The predicted molar refractivity (Wildman–Crippen MR) is 105 cm³/mol. The molecule has 1 aromatic carbocycles. The van der Waals surface area contributed by atoms with Crippen molar-refractivity contribution in [2.45, 2.75) is 33.7 Å². The Balaban J connectivity index is 0.00000484. The molecule has 0 spiro atoms. The van der Waals surface area contributed by atoms with Gasteiger partial charge in [0.05, 0.1) is 6.54 Å². The monoisotopic (exact) mass is 437 g/mol. The largest absolute Gasteiger partial charge is 0.381 e. The Bertz CT molecular complexity index is 455. The average molecular weight is 437 g/mol. The van der Waals surface area contributed by atoms with Crippen LogP contribution in [0.2, 0.25) is 0 Å².